The van der Waals surface area contributed by atoms with Crippen LogP contribution in [0.4, 0.5) is 5.69 Å². The Morgan fingerprint density at radius 1 is 0.880 bits per heavy atom. The molecule has 260 valence electrons. The molecule has 11 nitrogen and oxygen atoms in total. The van der Waals surface area contributed by atoms with Gasteiger partial charge in [-0.3, -0.25) is 24.1 Å². The van der Waals surface area contributed by atoms with Gasteiger partial charge in [0, 0.05) is 48.5 Å². The van der Waals surface area contributed by atoms with E-state index in [0.717, 1.165) is 29.0 Å². The van der Waals surface area contributed by atoms with Crippen molar-refractivity contribution in [3.63, 3.8) is 0 Å². The number of hydrogen-bond acceptors (Lipinski definition) is 9. The second-order valence-corrected chi connectivity index (χ2v) is 17.1. The first-order chi connectivity index (χ1) is 23.9. The van der Waals surface area contributed by atoms with E-state index in [1.165, 1.54) is 47.1 Å². The summed E-state index contributed by atoms with van der Waals surface area (Å²) in [6, 6.07) is 22.1. The number of ketones is 2. The lowest BCUT2D eigenvalue weighted by molar-refractivity contribution is -0.160. The predicted octanol–water partition coefficient (Wildman–Crippen LogP) is 4.11. The van der Waals surface area contributed by atoms with Crippen LogP contribution in [0, 0.1) is 0 Å². The average molecular weight is 733 g/mol. The Morgan fingerprint density at radius 2 is 1.52 bits per heavy atom. The molecule has 4 aromatic rings. The number of carbonyl (C=O) groups excluding carboxylic acids is 4. The highest BCUT2D eigenvalue weighted by Crippen LogP contribution is 2.66. The van der Waals surface area contributed by atoms with E-state index in [4.69, 9.17) is 0 Å². The number of fused-ring (bicyclic) bond motifs is 6. The van der Waals surface area contributed by atoms with E-state index in [-0.39, 0.29) is 46.5 Å². The molecule has 2 saturated heterocycles. The molecule has 4 heterocycles. The standard InChI is InChI=1S/C36H36N4O7S3/c1-22(41)17-19-48-31-30(43)39-33-35(27-21-37-28-15-9-7-13-25(27)28,32(44)36(39,34(45)38(31)3)49-20-18-23(2)42)26-14-8-10-16-29(26)40(33)50(46,47)24-11-5-4-6-12-24/h4-16,21,31-33,37,44H,17-20H2,1-3H3/t31-,32-,33-,35+,36-/m0/s1. The number of carbonyl (C=O) groups is 4. The summed E-state index contributed by atoms with van der Waals surface area (Å²) < 4.78 is 31.2. The van der Waals surface area contributed by atoms with E-state index in [1.807, 2.05) is 24.3 Å². The van der Waals surface area contributed by atoms with Gasteiger partial charge in [-0.05, 0) is 49.2 Å². The van der Waals surface area contributed by atoms with Crippen molar-refractivity contribution in [1.29, 1.82) is 0 Å². The van der Waals surface area contributed by atoms with Gasteiger partial charge >= 0.3 is 0 Å². The minimum Gasteiger partial charge on any atom is -0.388 e. The number of thioether (sulfide) groups is 2. The lowest BCUT2D eigenvalue weighted by atomic mass is 9.70. The van der Waals surface area contributed by atoms with Gasteiger partial charge in [-0.25, -0.2) is 12.7 Å². The maximum absolute atomic E-state index is 15.2. The van der Waals surface area contributed by atoms with Crippen LogP contribution in [-0.4, -0.2) is 92.8 Å². The summed E-state index contributed by atoms with van der Waals surface area (Å²) in [7, 11) is -2.96. The Bertz CT molecular complexity index is 2140. The number of anilines is 1. The van der Waals surface area contributed by atoms with E-state index in [2.05, 4.69) is 4.98 Å². The van der Waals surface area contributed by atoms with Crippen LogP contribution < -0.4 is 4.31 Å². The molecule has 50 heavy (non-hydrogen) atoms. The maximum atomic E-state index is 15.2. The van der Waals surface area contributed by atoms with Crippen LogP contribution in [0.2, 0.25) is 0 Å². The molecule has 1 aromatic heterocycles. The molecule has 2 amide bonds. The van der Waals surface area contributed by atoms with E-state index in [9.17, 15) is 23.1 Å². The molecular weight excluding hydrogens is 697 g/mol. The molecule has 0 aliphatic carbocycles. The molecule has 2 N–H and O–H groups in total. The number of nitrogens with one attached hydrogen (secondary N) is 1. The molecule has 7 rings (SSSR count). The minimum atomic E-state index is -4.45. The predicted molar refractivity (Wildman–Crippen MR) is 193 cm³/mol. The summed E-state index contributed by atoms with van der Waals surface area (Å²) in [6.45, 7) is 2.87. The molecule has 0 saturated carbocycles. The number of aliphatic hydroxyl groups excluding tert-OH is 1. The summed E-state index contributed by atoms with van der Waals surface area (Å²) in [5, 5.41) is 12.8. The second-order valence-electron chi connectivity index (χ2n) is 12.8. The molecule has 0 bridgehead atoms. The third-order valence-electron chi connectivity index (χ3n) is 9.89. The normalized spacial score (nSPS) is 25.9. The van der Waals surface area contributed by atoms with Gasteiger partial charge in [0.15, 0.2) is 10.2 Å². The van der Waals surface area contributed by atoms with Gasteiger partial charge in [0.05, 0.1) is 16.0 Å². The summed E-state index contributed by atoms with van der Waals surface area (Å²) >= 11 is 2.11. The lowest BCUT2D eigenvalue weighted by Gasteiger charge is -2.50. The topological polar surface area (TPSA) is 148 Å². The van der Waals surface area contributed by atoms with Gasteiger partial charge in [0.25, 0.3) is 21.8 Å². The highest BCUT2D eigenvalue weighted by molar-refractivity contribution is 8.01. The van der Waals surface area contributed by atoms with Gasteiger partial charge in [-0.15, -0.1) is 23.5 Å². The number of aliphatic hydroxyl groups is 1. The number of rotatable bonds is 11. The fraction of sp³-hybridized carbons (Fsp3) is 0.333. The molecule has 14 heteroatoms. The number of Topliss-reactive ketones (excluding diaryl/α,β-unsaturated/α-hetero) is 2. The van der Waals surface area contributed by atoms with Crippen LogP contribution in [0.5, 0.6) is 0 Å². The van der Waals surface area contributed by atoms with Gasteiger partial charge in [0.1, 0.15) is 23.8 Å². The number of hydrogen-bond donors (Lipinski definition) is 2. The number of nitrogens with zero attached hydrogens (tertiary/aromatic N) is 3. The van der Waals surface area contributed by atoms with Crippen molar-refractivity contribution in [3.8, 4) is 0 Å². The summed E-state index contributed by atoms with van der Waals surface area (Å²) in [6.07, 6.45) is -1.18. The first kappa shape index (κ1) is 34.3. The number of aromatic nitrogens is 1. The van der Waals surface area contributed by atoms with Crippen molar-refractivity contribution < 1.29 is 32.7 Å². The van der Waals surface area contributed by atoms with E-state index < -0.39 is 49.8 Å². The number of likely N-dealkylation sites (N-methyl/N-ethyl adjacent to an activating group) is 1. The van der Waals surface area contributed by atoms with Crippen molar-refractivity contribution in [1.82, 2.24) is 14.8 Å². The number of aromatic amines is 1. The first-order valence-electron chi connectivity index (χ1n) is 16.2. The van der Waals surface area contributed by atoms with Crippen molar-refractivity contribution >= 4 is 73.5 Å². The van der Waals surface area contributed by atoms with Crippen molar-refractivity contribution in [2.45, 2.75) is 59.5 Å². The number of para-hydroxylation sites is 2. The molecule has 5 atom stereocenters. The van der Waals surface area contributed by atoms with Gasteiger partial charge in [-0.2, -0.15) is 0 Å². The summed E-state index contributed by atoms with van der Waals surface area (Å²) in [5.41, 5.74) is 0.278. The molecule has 3 aliphatic rings. The Morgan fingerprint density at radius 3 is 2.24 bits per heavy atom. The molecule has 3 aromatic carbocycles. The number of benzene rings is 3. The van der Waals surface area contributed by atoms with Crippen molar-refractivity contribution in [2.75, 3.05) is 22.9 Å². The molecule has 0 spiro atoms. The van der Waals surface area contributed by atoms with Crippen LogP contribution in [0.3, 0.4) is 0 Å². The zero-order valence-electron chi connectivity index (χ0n) is 27.6. The van der Waals surface area contributed by atoms with E-state index >= 15 is 9.59 Å². The molecule has 2 fully saturated rings. The van der Waals surface area contributed by atoms with Crippen LogP contribution in [0.15, 0.2) is 90.0 Å². The largest absolute Gasteiger partial charge is 0.388 e. The lowest BCUT2D eigenvalue weighted by Crippen LogP contribution is -2.72. The first-order valence-corrected chi connectivity index (χ1v) is 19.7. The van der Waals surface area contributed by atoms with Gasteiger partial charge in [-0.1, -0.05) is 54.6 Å². The van der Waals surface area contributed by atoms with Crippen molar-refractivity contribution in [2.24, 2.45) is 0 Å². The SMILES string of the molecule is CC(=O)CCS[C@H]1C(=O)N2[C@H]3N(S(=O)(=O)c4ccccc4)c4ccccc4[C@@]3(c3c[nH]c4ccccc34)[C@H](O)[C@]2(SCCC(C)=O)C(=O)N1C. The maximum Gasteiger partial charge on any atom is 0.266 e. The van der Waals surface area contributed by atoms with E-state index in [0.29, 0.717) is 16.5 Å². The average Bonchev–Trinajstić information content (AvgIpc) is 3.72. The fourth-order valence-corrected chi connectivity index (χ4v) is 12.2. The smallest absolute Gasteiger partial charge is 0.266 e. The third kappa shape index (κ3) is 4.79. The summed E-state index contributed by atoms with van der Waals surface area (Å²) in [4.78, 5) is 58.1. The van der Waals surface area contributed by atoms with Crippen LogP contribution in [0.25, 0.3) is 10.9 Å². The fourth-order valence-electron chi connectivity index (χ4n) is 7.71. The summed E-state index contributed by atoms with van der Waals surface area (Å²) in [5.74, 6) is -1.07. The monoisotopic (exact) mass is 732 g/mol. The Hall–Kier alpha value is -4.11. The number of sulfonamides is 1. The molecule has 3 aliphatic heterocycles. The molecular formula is C36H36N4O7S3. The molecule has 0 unspecified atom stereocenters. The Labute approximate surface area is 298 Å². The zero-order chi connectivity index (χ0) is 35.6. The highest BCUT2D eigenvalue weighted by Gasteiger charge is 2.80. The number of piperazine rings is 1. The second kappa shape index (κ2) is 12.6. The van der Waals surface area contributed by atoms with Crippen LogP contribution in [0.1, 0.15) is 37.8 Å². The number of H-pyrrole nitrogens is 1. The minimum absolute atomic E-state index is 0.0268. The quantitative estimate of drug-likeness (QED) is 0.233. The molecule has 0 radical (unpaired) electrons. The van der Waals surface area contributed by atoms with E-state index in [1.54, 1.807) is 48.7 Å². The third-order valence-corrected chi connectivity index (χ3v) is 14.4. The zero-order valence-corrected chi connectivity index (χ0v) is 30.1. The Kier molecular flexibility index (Phi) is 8.64. The van der Waals surface area contributed by atoms with Gasteiger partial charge < -0.3 is 15.0 Å². The Balaban J connectivity index is 1.56. The van der Waals surface area contributed by atoms with Crippen molar-refractivity contribution in [3.05, 3.63) is 96.2 Å². The number of amides is 2. The van der Waals surface area contributed by atoms with Crippen LogP contribution >= 0.6 is 23.5 Å². The van der Waals surface area contributed by atoms with Crippen LogP contribution in [-0.2, 0) is 34.6 Å². The highest BCUT2D eigenvalue weighted by atomic mass is 32.2. The van der Waals surface area contributed by atoms with Gasteiger partial charge in [0.2, 0.25) is 0 Å².